The number of pyridine rings is 1. The minimum Gasteiger partial charge on any atom is -0.369 e. The van der Waals surface area contributed by atoms with Crippen molar-refractivity contribution in [3.8, 4) is 0 Å². The number of ether oxygens (including phenoxy) is 1. The summed E-state index contributed by atoms with van der Waals surface area (Å²) in [7, 11) is 0. The topological polar surface area (TPSA) is 50.3 Å². The van der Waals surface area contributed by atoms with E-state index < -0.39 is 0 Å². The van der Waals surface area contributed by atoms with Crippen molar-refractivity contribution >= 4 is 22.3 Å². The monoisotopic (exact) mass is 380 g/mol. The maximum Gasteiger partial charge on any atom is 0.188 e. The fraction of sp³-hybridized carbons (Fsp3) is 0.333. The first kappa shape index (κ1) is 18.1. The van der Waals surface area contributed by atoms with Crippen molar-refractivity contribution in [3.05, 3.63) is 70.4 Å². The number of hydrogen-bond donors (Lipinski definition) is 1. The van der Waals surface area contributed by atoms with Gasteiger partial charge < -0.3 is 10.1 Å². The zero-order valence-electron chi connectivity index (χ0n) is 15.7. The van der Waals surface area contributed by atoms with Crippen LogP contribution in [0.4, 0.5) is 10.9 Å². The predicted molar refractivity (Wildman–Crippen MR) is 110 cm³/mol. The van der Waals surface area contributed by atoms with E-state index in [4.69, 9.17) is 9.72 Å². The molecule has 27 heavy (non-hydrogen) atoms. The van der Waals surface area contributed by atoms with E-state index in [2.05, 4.69) is 46.4 Å². The number of rotatable bonds is 5. The van der Waals surface area contributed by atoms with Gasteiger partial charge in [0.1, 0.15) is 11.9 Å². The van der Waals surface area contributed by atoms with Crippen LogP contribution < -0.4 is 5.32 Å². The van der Waals surface area contributed by atoms with Crippen LogP contribution in [0.25, 0.3) is 0 Å². The van der Waals surface area contributed by atoms with Crippen molar-refractivity contribution < 1.29 is 4.74 Å². The third-order valence-corrected chi connectivity index (χ3v) is 5.47. The number of aryl methyl sites for hydroxylation is 2. The summed E-state index contributed by atoms with van der Waals surface area (Å²) in [6.45, 7) is 7.59. The Hall–Kier alpha value is -2.28. The minimum atomic E-state index is -0.0108. The highest BCUT2D eigenvalue weighted by atomic mass is 32.1. The quantitative estimate of drug-likeness (QED) is 0.708. The Morgan fingerprint density at radius 3 is 2.89 bits per heavy atom. The van der Waals surface area contributed by atoms with Crippen LogP contribution in [-0.2, 0) is 11.3 Å². The lowest BCUT2D eigenvalue weighted by Crippen LogP contribution is -2.38. The SMILES string of the molecule is Cc1cccc(CN2CCO[C@H](c3cccc(Nc4nc(C)cs4)n3)C2)c1. The largest absolute Gasteiger partial charge is 0.369 e. The first-order valence-corrected chi connectivity index (χ1v) is 10.1. The normalized spacial score (nSPS) is 17.8. The molecule has 0 bridgehead atoms. The first-order valence-electron chi connectivity index (χ1n) is 9.21. The van der Waals surface area contributed by atoms with Crippen LogP contribution in [0.2, 0.25) is 0 Å². The molecule has 3 aromatic rings. The van der Waals surface area contributed by atoms with Crippen molar-refractivity contribution in [3.63, 3.8) is 0 Å². The van der Waals surface area contributed by atoms with Gasteiger partial charge in [-0.15, -0.1) is 11.3 Å². The Bertz CT molecular complexity index is 910. The van der Waals surface area contributed by atoms with Crippen LogP contribution in [0.15, 0.2) is 47.8 Å². The third kappa shape index (κ3) is 4.71. The number of anilines is 2. The summed E-state index contributed by atoms with van der Waals surface area (Å²) in [6, 6.07) is 14.7. The summed E-state index contributed by atoms with van der Waals surface area (Å²) in [6.07, 6.45) is -0.0108. The van der Waals surface area contributed by atoms with Crippen molar-refractivity contribution in [1.82, 2.24) is 14.9 Å². The van der Waals surface area contributed by atoms with Gasteiger partial charge in [-0.25, -0.2) is 9.97 Å². The van der Waals surface area contributed by atoms with Crippen molar-refractivity contribution in [2.24, 2.45) is 0 Å². The Morgan fingerprint density at radius 1 is 1.19 bits per heavy atom. The number of hydrogen-bond acceptors (Lipinski definition) is 6. The second-order valence-electron chi connectivity index (χ2n) is 6.95. The zero-order valence-corrected chi connectivity index (χ0v) is 16.5. The van der Waals surface area contributed by atoms with E-state index >= 15 is 0 Å². The van der Waals surface area contributed by atoms with Crippen LogP contribution in [0.1, 0.15) is 28.6 Å². The molecule has 1 aliphatic heterocycles. The van der Waals surface area contributed by atoms with Gasteiger partial charge in [0.2, 0.25) is 0 Å². The van der Waals surface area contributed by atoms with Gasteiger partial charge in [0.05, 0.1) is 18.0 Å². The standard InChI is InChI=1S/C21H24N4OS/c1-15-5-3-6-17(11-15)12-25-9-10-26-19(13-25)18-7-4-8-20(23-18)24-21-22-16(2)14-27-21/h3-8,11,14,19H,9-10,12-13H2,1-2H3,(H,22,23,24)/t19-/m0/s1. The Kier molecular flexibility index (Phi) is 5.48. The maximum absolute atomic E-state index is 6.02. The predicted octanol–water partition coefficient (Wildman–Crippen LogP) is 4.47. The molecule has 3 heterocycles. The highest BCUT2D eigenvalue weighted by Gasteiger charge is 2.23. The summed E-state index contributed by atoms with van der Waals surface area (Å²) in [4.78, 5) is 11.6. The molecule has 0 unspecified atom stereocenters. The third-order valence-electron chi connectivity index (χ3n) is 4.59. The number of thiazole rings is 1. The summed E-state index contributed by atoms with van der Waals surface area (Å²) in [5, 5.41) is 6.18. The van der Waals surface area contributed by atoms with Crippen LogP contribution in [0.5, 0.6) is 0 Å². The molecule has 6 heteroatoms. The van der Waals surface area contributed by atoms with E-state index in [0.29, 0.717) is 0 Å². The number of aromatic nitrogens is 2. The molecule has 0 radical (unpaired) electrons. The summed E-state index contributed by atoms with van der Waals surface area (Å²) in [5.74, 6) is 0.807. The zero-order chi connectivity index (χ0) is 18.6. The second-order valence-corrected chi connectivity index (χ2v) is 7.81. The van der Waals surface area contributed by atoms with Crippen LogP contribution >= 0.6 is 11.3 Å². The molecule has 1 N–H and O–H groups in total. The number of nitrogens with zero attached hydrogens (tertiary/aromatic N) is 3. The lowest BCUT2D eigenvalue weighted by Gasteiger charge is -2.32. The average molecular weight is 381 g/mol. The van der Waals surface area contributed by atoms with E-state index in [1.54, 1.807) is 11.3 Å². The lowest BCUT2D eigenvalue weighted by molar-refractivity contribution is -0.0349. The van der Waals surface area contributed by atoms with Crippen molar-refractivity contribution in [1.29, 1.82) is 0 Å². The van der Waals surface area contributed by atoms with E-state index in [-0.39, 0.29) is 6.10 Å². The molecule has 0 aliphatic carbocycles. The Balaban J connectivity index is 1.44. The number of morpholine rings is 1. The number of nitrogens with one attached hydrogen (secondary N) is 1. The summed E-state index contributed by atoms with van der Waals surface area (Å²) in [5.41, 5.74) is 4.62. The first-order chi connectivity index (χ1) is 13.2. The Morgan fingerprint density at radius 2 is 2.07 bits per heavy atom. The average Bonchev–Trinajstić information content (AvgIpc) is 3.07. The molecule has 5 nitrogen and oxygen atoms in total. The van der Waals surface area contributed by atoms with Gasteiger partial charge in [0.25, 0.3) is 0 Å². The molecule has 1 aromatic carbocycles. The van der Waals surface area contributed by atoms with Gasteiger partial charge >= 0.3 is 0 Å². The summed E-state index contributed by atoms with van der Waals surface area (Å²) < 4.78 is 6.02. The van der Waals surface area contributed by atoms with Gasteiger partial charge in [-0.05, 0) is 31.5 Å². The molecule has 4 rings (SSSR count). The van der Waals surface area contributed by atoms with E-state index in [0.717, 1.165) is 48.6 Å². The Labute approximate surface area is 164 Å². The molecule has 0 spiro atoms. The fourth-order valence-corrected chi connectivity index (χ4v) is 4.01. The lowest BCUT2D eigenvalue weighted by atomic mass is 10.1. The van der Waals surface area contributed by atoms with E-state index in [9.17, 15) is 0 Å². The molecule has 1 atom stereocenters. The van der Waals surface area contributed by atoms with Gasteiger partial charge in [-0.2, -0.15) is 0 Å². The van der Waals surface area contributed by atoms with Crippen molar-refractivity contribution in [2.45, 2.75) is 26.5 Å². The summed E-state index contributed by atoms with van der Waals surface area (Å²) >= 11 is 1.59. The molecule has 1 fully saturated rings. The molecular formula is C21H24N4OS. The molecular weight excluding hydrogens is 356 g/mol. The second kappa shape index (κ2) is 8.17. The fourth-order valence-electron chi connectivity index (χ4n) is 3.32. The van der Waals surface area contributed by atoms with Gasteiger partial charge in [0.15, 0.2) is 5.13 Å². The smallest absolute Gasteiger partial charge is 0.188 e. The molecule has 1 aliphatic rings. The highest BCUT2D eigenvalue weighted by molar-refractivity contribution is 7.13. The van der Waals surface area contributed by atoms with E-state index in [1.165, 1.54) is 11.1 Å². The maximum atomic E-state index is 6.02. The molecule has 0 amide bonds. The molecule has 0 saturated carbocycles. The van der Waals surface area contributed by atoms with Gasteiger partial charge in [-0.3, -0.25) is 4.90 Å². The van der Waals surface area contributed by atoms with Crippen molar-refractivity contribution in [2.75, 3.05) is 25.0 Å². The van der Waals surface area contributed by atoms with Gasteiger partial charge in [-0.1, -0.05) is 35.9 Å². The molecule has 1 saturated heterocycles. The molecule has 2 aromatic heterocycles. The van der Waals surface area contributed by atoms with Crippen LogP contribution in [0.3, 0.4) is 0 Å². The van der Waals surface area contributed by atoms with E-state index in [1.807, 2.05) is 30.5 Å². The van der Waals surface area contributed by atoms with Gasteiger partial charge in [0, 0.05) is 25.0 Å². The minimum absolute atomic E-state index is 0.0108. The number of benzene rings is 1. The van der Waals surface area contributed by atoms with Crippen LogP contribution in [0, 0.1) is 13.8 Å². The molecule has 140 valence electrons. The highest BCUT2D eigenvalue weighted by Crippen LogP contribution is 2.25. The van der Waals surface area contributed by atoms with Crippen LogP contribution in [-0.4, -0.2) is 34.6 Å².